The largest absolute Gasteiger partial charge is 0.466 e. The molecule has 0 unspecified atom stereocenters. The first-order valence-electron chi connectivity index (χ1n) is 7.35. The lowest BCUT2D eigenvalue weighted by molar-refractivity contribution is -0.158. The summed E-state index contributed by atoms with van der Waals surface area (Å²) < 4.78 is 5.25. The van der Waals surface area contributed by atoms with Gasteiger partial charge in [0.15, 0.2) is 0 Å². The molecule has 2 heteroatoms. The fourth-order valence-corrected chi connectivity index (χ4v) is 3.00. The molecule has 0 saturated heterocycles. The molecule has 0 spiro atoms. The summed E-state index contributed by atoms with van der Waals surface area (Å²) in [5.74, 6) is 0.903. The average Bonchev–Trinajstić information content (AvgIpc) is 2.37. The summed E-state index contributed by atoms with van der Waals surface area (Å²) in [5, 5.41) is 0. The van der Waals surface area contributed by atoms with Gasteiger partial charge in [-0.2, -0.15) is 0 Å². The fraction of sp³-hybridized carbons (Fsp3) is 0.933. The molecule has 0 amide bonds. The predicted molar refractivity (Wildman–Crippen MR) is 70.8 cm³/mol. The summed E-state index contributed by atoms with van der Waals surface area (Å²) in [6.45, 7) is 6.79. The van der Waals surface area contributed by atoms with Gasteiger partial charge in [0.1, 0.15) is 0 Å². The number of hydrogen-bond acceptors (Lipinski definition) is 2. The second kappa shape index (κ2) is 7.03. The van der Waals surface area contributed by atoms with E-state index in [0.29, 0.717) is 6.61 Å². The molecule has 1 fully saturated rings. The van der Waals surface area contributed by atoms with Gasteiger partial charge in [-0.25, -0.2) is 0 Å². The topological polar surface area (TPSA) is 26.3 Å². The van der Waals surface area contributed by atoms with Crippen molar-refractivity contribution in [2.75, 3.05) is 6.61 Å². The van der Waals surface area contributed by atoms with Gasteiger partial charge in [0.2, 0.25) is 0 Å². The molecule has 2 nitrogen and oxygen atoms in total. The monoisotopic (exact) mass is 240 g/mol. The lowest BCUT2D eigenvalue weighted by Crippen LogP contribution is -2.36. The van der Waals surface area contributed by atoms with Gasteiger partial charge in [-0.15, -0.1) is 0 Å². The first-order chi connectivity index (χ1) is 8.18. The van der Waals surface area contributed by atoms with Gasteiger partial charge in [-0.3, -0.25) is 4.79 Å². The minimum atomic E-state index is -0.154. The van der Waals surface area contributed by atoms with Crippen molar-refractivity contribution in [1.82, 2.24) is 0 Å². The third-order valence-corrected chi connectivity index (χ3v) is 4.41. The molecular formula is C15H28O2. The Balaban J connectivity index is 2.48. The van der Waals surface area contributed by atoms with Crippen LogP contribution in [0.15, 0.2) is 0 Å². The van der Waals surface area contributed by atoms with Crippen LogP contribution in [0, 0.1) is 11.3 Å². The molecule has 100 valence electrons. The van der Waals surface area contributed by atoms with E-state index in [1.165, 1.54) is 32.1 Å². The quantitative estimate of drug-likeness (QED) is 0.646. The van der Waals surface area contributed by atoms with E-state index in [9.17, 15) is 4.79 Å². The highest BCUT2D eigenvalue weighted by Gasteiger charge is 2.41. The van der Waals surface area contributed by atoms with Crippen molar-refractivity contribution in [2.24, 2.45) is 11.3 Å². The fourth-order valence-electron chi connectivity index (χ4n) is 3.00. The number of ether oxygens (including phenoxy) is 1. The van der Waals surface area contributed by atoms with E-state index in [-0.39, 0.29) is 11.4 Å². The van der Waals surface area contributed by atoms with Crippen LogP contribution in [0.5, 0.6) is 0 Å². The lowest BCUT2D eigenvalue weighted by Gasteiger charge is -2.37. The zero-order valence-electron chi connectivity index (χ0n) is 11.8. The van der Waals surface area contributed by atoms with Crippen LogP contribution < -0.4 is 0 Å². The first kappa shape index (κ1) is 14.5. The maximum atomic E-state index is 12.0. The molecule has 0 bridgehead atoms. The summed E-state index contributed by atoms with van der Waals surface area (Å²) in [4.78, 5) is 12.0. The zero-order chi connectivity index (χ0) is 12.7. The molecule has 0 aliphatic heterocycles. The van der Waals surface area contributed by atoms with Gasteiger partial charge in [-0.1, -0.05) is 33.1 Å². The molecule has 1 saturated carbocycles. The molecule has 0 aromatic carbocycles. The molecule has 0 radical (unpaired) electrons. The second-order valence-corrected chi connectivity index (χ2v) is 5.44. The smallest absolute Gasteiger partial charge is 0.312 e. The molecule has 1 aliphatic rings. The number of carbonyl (C=O) groups excluding carboxylic acids is 1. The summed E-state index contributed by atoms with van der Waals surface area (Å²) in [6, 6.07) is 0. The Morgan fingerprint density at radius 1 is 1.24 bits per heavy atom. The highest BCUT2D eigenvalue weighted by Crippen LogP contribution is 2.43. The van der Waals surface area contributed by atoms with Crippen molar-refractivity contribution in [2.45, 2.75) is 72.1 Å². The maximum absolute atomic E-state index is 12.0. The van der Waals surface area contributed by atoms with E-state index in [4.69, 9.17) is 4.74 Å². The predicted octanol–water partition coefficient (Wildman–Crippen LogP) is 4.33. The number of carbonyl (C=O) groups is 1. The maximum Gasteiger partial charge on any atom is 0.312 e. The van der Waals surface area contributed by atoms with Gasteiger partial charge in [0.25, 0.3) is 0 Å². The van der Waals surface area contributed by atoms with E-state index in [1.54, 1.807) is 0 Å². The van der Waals surface area contributed by atoms with E-state index in [2.05, 4.69) is 13.8 Å². The number of hydrogen-bond donors (Lipinski definition) is 0. The Morgan fingerprint density at radius 2 is 1.88 bits per heavy atom. The van der Waals surface area contributed by atoms with Gasteiger partial charge >= 0.3 is 5.97 Å². The van der Waals surface area contributed by atoms with E-state index in [1.807, 2.05) is 6.92 Å². The Labute approximate surface area is 106 Å². The van der Waals surface area contributed by atoms with Gasteiger partial charge in [0.05, 0.1) is 12.0 Å². The molecule has 0 N–H and O–H groups in total. The van der Waals surface area contributed by atoms with Crippen LogP contribution in [0.25, 0.3) is 0 Å². The average molecular weight is 240 g/mol. The SMILES string of the molecule is CCCCC1CCC(CC)(C(=O)OCC)CC1. The van der Waals surface area contributed by atoms with Crippen LogP contribution in [0.1, 0.15) is 72.1 Å². The molecule has 0 atom stereocenters. The Bertz CT molecular complexity index is 227. The highest BCUT2D eigenvalue weighted by molar-refractivity contribution is 5.76. The third kappa shape index (κ3) is 3.72. The minimum Gasteiger partial charge on any atom is -0.466 e. The molecule has 0 aromatic rings. The van der Waals surface area contributed by atoms with Crippen molar-refractivity contribution < 1.29 is 9.53 Å². The van der Waals surface area contributed by atoms with E-state index in [0.717, 1.165) is 25.2 Å². The molecule has 0 aromatic heterocycles. The standard InChI is InChI=1S/C15H28O2/c1-4-7-8-13-9-11-15(5-2,12-10-13)14(16)17-6-3/h13H,4-12H2,1-3H3. The Hall–Kier alpha value is -0.530. The zero-order valence-corrected chi connectivity index (χ0v) is 11.8. The molecule has 1 aliphatic carbocycles. The number of unbranched alkanes of at least 4 members (excludes halogenated alkanes) is 1. The number of rotatable bonds is 6. The van der Waals surface area contributed by atoms with Crippen LogP contribution in [0.2, 0.25) is 0 Å². The highest BCUT2D eigenvalue weighted by atomic mass is 16.5. The van der Waals surface area contributed by atoms with Crippen molar-refractivity contribution >= 4 is 5.97 Å². The lowest BCUT2D eigenvalue weighted by atomic mass is 9.68. The summed E-state index contributed by atoms with van der Waals surface area (Å²) in [6.07, 6.45) is 9.41. The van der Waals surface area contributed by atoms with Crippen molar-refractivity contribution in [1.29, 1.82) is 0 Å². The van der Waals surface area contributed by atoms with E-state index < -0.39 is 0 Å². The van der Waals surface area contributed by atoms with Crippen LogP contribution >= 0.6 is 0 Å². The van der Waals surface area contributed by atoms with Crippen LogP contribution in [0.4, 0.5) is 0 Å². The van der Waals surface area contributed by atoms with Gasteiger partial charge in [-0.05, 0) is 44.9 Å². The summed E-state index contributed by atoms with van der Waals surface area (Å²) in [7, 11) is 0. The Kier molecular flexibility index (Phi) is 6.01. The van der Waals surface area contributed by atoms with Crippen molar-refractivity contribution in [3.05, 3.63) is 0 Å². The minimum absolute atomic E-state index is 0.0523. The van der Waals surface area contributed by atoms with Crippen LogP contribution in [-0.4, -0.2) is 12.6 Å². The van der Waals surface area contributed by atoms with E-state index >= 15 is 0 Å². The van der Waals surface area contributed by atoms with Crippen molar-refractivity contribution in [3.63, 3.8) is 0 Å². The summed E-state index contributed by atoms with van der Waals surface area (Å²) in [5.41, 5.74) is -0.154. The molecule has 1 rings (SSSR count). The normalized spacial score (nSPS) is 29.0. The third-order valence-electron chi connectivity index (χ3n) is 4.41. The molecule has 0 heterocycles. The summed E-state index contributed by atoms with van der Waals surface area (Å²) >= 11 is 0. The first-order valence-corrected chi connectivity index (χ1v) is 7.35. The molecule has 17 heavy (non-hydrogen) atoms. The van der Waals surface area contributed by atoms with Crippen molar-refractivity contribution in [3.8, 4) is 0 Å². The second-order valence-electron chi connectivity index (χ2n) is 5.44. The van der Waals surface area contributed by atoms with Gasteiger partial charge in [0, 0.05) is 0 Å². The molecular weight excluding hydrogens is 212 g/mol. The van der Waals surface area contributed by atoms with Crippen LogP contribution in [-0.2, 0) is 9.53 Å². The number of esters is 1. The van der Waals surface area contributed by atoms with Crippen LogP contribution in [0.3, 0.4) is 0 Å². The Morgan fingerprint density at radius 3 is 2.35 bits per heavy atom. The van der Waals surface area contributed by atoms with Gasteiger partial charge < -0.3 is 4.74 Å².